The SMILES string of the molecule is O=Cc1cc(C(O)C(O)CCl)cc([N+](=O)[O-])c1O. The smallest absolute Gasteiger partial charge is 0.311 e. The van der Waals surface area contributed by atoms with Gasteiger partial charge in [0.1, 0.15) is 6.10 Å². The molecule has 0 radical (unpaired) electrons. The van der Waals surface area contributed by atoms with E-state index in [-0.39, 0.29) is 23.3 Å². The number of hydrogen-bond acceptors (Lipinski definition) is 6. The minimum absolute atomic E-state index is 0.0743. The van der Waals surface area contributed by atoms with Crippen molar-refractivity contribution in [1.82, 2.24) is 0 Å². The van der Waals surface area contributed by atoms with Crippen LogP contribution in [0.3, 0.4) is 0 Å². The summed E-state index contributed by atoms with van der Waals surface area (Å²) >= 11 is 5.34. The molecule has 0 fully saturated rings. The first-order valence-electron chi connectivity index (χ1n) is 4.81. The van der Waals surface area contributed by atoms with Crippen molar-refractivity contribution >= 4 is 23.6 Å². The molecule has 0 heterocycles. The van der Waals surface area contributed by atoms with Gasteiger partial charge in [-0.15, -0.1) is 11.6 Å². The van der Waals surface area contributed by atoms with Crippen molar-refractivity contribution in [3.8, 4) is 5.75 Å². The number of nitro benzene ring substituents is 1. The molecule has 8 heteroatoms. The minimum Gasteiger partial charge on any atom is -0.502 e. The van der Waals surface area contributed by atoms with Gasteiger partial charge >= 0.3 is 5.69 Å². The Hall–Kier alpha value is -1.70. The highest BCUT2D eigenvalue weighted by molar-refractivity contribution is 6.18. The summed E-state index contributed by atoms with van der Waals surface area (Å²) in [5.41, 5.74) is -1.15. The number of nitrogens with zero attached hydrogens (tertiary/aromatic N) is 1. The molecular weight excluding hydrogens is 266 g/mol. The quantitative estimate of drug-likeness (QED) is 0.315. The molecule has 0 bridgehead atoms. The lowest BCUT2D eigenvalue weighted by Gasteiger charge is -2.16. The van der Waals surface area contributed by atoms with E-state index in [0.29, 0.717) is 0 Å². The van der Waals surface area contributed by atoms with Crippen molar-refractivity contribution in [2.24, 2.45) is 0 Å². The van der Waals surface area contributed by atoms with Crippen LogP contribution >= 0.6 is 11.6 Å². The molecule has 1 aromatic carbocycles. The largest absolute Gasteiger partial charge is 0.502 e. The minimum atomic E-state index is -1.49. The first kappa shape index (κ1) is 14.4. The van der Waals surface area contributed by atoms with Gasteiger partial charge in [-0.3, -0.25) is 14.9 Å². The van der Waals surface area contributed by atoms with E-state index < -0.39 is 28.6 Å². The van der Waals surface area contributed by atoms with Crippen molar-refractivity contribution < 1.29 is 25.0 Å². The zero-order chi connectivity index (χ0) is 13.9. The third kappa shape index (κ3) is 2.76. The van der Waals surface area contributed by atoms with Crippen LogP contribution in [-0.4, -0.2) is 38.5 Å². The van der Waals surface area contributed by atoms with Crippen LogP contribution in [0.5, 0.6) is 5.75 Å². The lowest BCUT2D eigenvalue weighted by atomic mass is 10.0. The Kier molecular flexibility index (Phi) is 4.60. The van der Waals surface area contributed by atoms with Crippen LogP contribution in [0.25, 0.3) is 0 Å². The monoisotopic (exact) mass is 275 g/mol. The average Bonchev–Trinajstić information content (AvgIpc) is 2.36. The van der Waals surface area contributed by atoms with Gasteiger partial charge < -0.3 is 15.3 Å². The highest BCUT2D eigenvalue weighted by Gasteiger charge is 2.24. The highest BCUT2D eigenvalue weighted by atomic mass is 35.5. The predicted molar refractivity (Wildman–Crippen MR) is 61.8 cm³/mol. The summed E-state index contributed by atoms with van der Waals surface area (Å²) < 4.78 is 0. The number of carbonyl (C=O) groups excluding carboxylic acids is 1. The zero-order valence-electron chi connectivity index (χ0n) is 8.99. The van der Waals surface area contributed by atoms with Crippen LogP contribution in [0.15, 0.2) is 12.1 Å². The van der Waals surface area contributed by atoms with Gasteiger partial charge in [-0.1, -0.05) is 0 Å². The summed E-state index contributed by atoms with van der Waals surface area (Å²) in [5.74, 6) is -1.07. The zero-order valence-corrected chi connectivity index (χ0v) is 9.74. The number of aromatic hydroxyl groups is 1. The van der Waals surface area contributed by atoms with E-state index in [1.165, 1.54) is 0 Å². The van der Waals surface area contributed by atoms with Gasteiger partial charge in [0.2, 0.25) is 5.75 Å². The van der Waals surface area contributed by atoms with Crippen molar-refractivity contribution in [3.05, 3.63) is 33.4 Å². The molecule has 0 saturated heterocycles. The normalized spacial score (nSPS) is 13.9. The van der Waals surface area contributed by atoms with Crippen molar-refractivity contribution in [2.75, 3.05) is 5.88 Å². The van der Waals surface area contributed by atoms with Crippen molar-refractivity contribution in [1.29, 1.82) is 0 Å². The Labute approximate surface area is 106 Å². The maximum absolute atomic E-state index is 10.7. The number of benzene rings is 1. The molecule has 0 saturated carbocycles. The Bertz CT molecular complexity index is 478. The highest BCUT2D eigenvalue weighted by Crippen LogP contribution is 2.33. The molecule has 0 aliphatic carbocycles. The third-order valence-corrected chi connectivity index (χ3v) is 2.65. The molecule has 0 spiro atoms. The van der Waals surface area contributed by atoms with Gasteiger partial charge in [0, 0.05) is 6.07 Å². The predicted octanol–water partition coefficient (Wildman–Crippen LogP) is 0.746. The first-order chi connectivity index (χ1) is 8.42. The molecule has 0 aliphatic heterocycles. The Morgan fingerprint density at radius 2 is 2.06 bits per heavy atom. The standard InChI is InChI=1S/C10H10ClNO6/c11-3-8(14)10(16)5-1-6(4-13)9(15)7(2-5)12(17)18/h1-2,4,8,10,14-16H,3H2. The summed E-state index contributed by atoms with van der Waals surface area (Å²) in [6, 6.07) is 1.93. The van der Waals surface area contributed by atoms with E-state index in [0.717, 1.165) is 12.1 Å². The lowest BCUT2D eigenvalue weighted by Crippen LogP contribution is -2.20. The number of halogens is 1. The molecule has 1 aromatic rings. The molecule has 98 valence electrons. The number of alkyl halides is 1. The third-order valence-electron chi connectivity index (χ3n) is 2.33. The number of aliphatic hydroxyl groups excluding tert-OH is 2. The summed E-state index contributed by atoms with van der Waals surface area (Å²) in [6.45, 7) is 0. The van der Waals surface area contributed by atoms with Crippen molar-refractivity contribution in [2.45, 2.75) is 12.2 Å². The fourth-order valence-corrected chi connectivity index (χ4v) is 1.54. The summed E-state index contributed by atoms with van der Waals surface area (Å²) in [4.78, 5) is 20.4. The topological polar surface area (TPSA) is 121 Å². The van der Waals surface area contributed by atoms with Gasteiger partial charge in [0.15, 0.2) is 6.29 Å². The van der Waals surface area contributed by atoms with E-state index in [9.17, 15) is 30.2 Å². The molecular formula is C10H10ClNO6. The van der Waals surface area contributed by atoms with Crippen LogP contribution < -0.4 is 0 Å². The second-order valence-corrected chi connectivity index (χ2v) is 3.83. The first-order valence-corrected chi connectivity index (χ1v) is 5.34. The van der Waals surface area contributed by atoms with Gasteiger partial charge in [0.05, 0.1) is 22.5 Å². The average molecular weight is 276 g/mol. The van der Waals surface area contributed by atoms with E-state index in [1.54, 1.807) is 0 Å². The van der Waals surface area contributed by atoms with Gasteiger partial charge in [-0.05, 0) is 11.6 Å². The maximum atomic E-state index is 10.7. The van der Waals surface area contributed by atoms with Gasteiger partial charge in [-0.2, -0.15) is 0 Å². The summed E-state index contributed by atoms with van der Waals surface area (Å²) in [6.07, 6.45) is -2.61. The number of phenolic OH excluding ortho intramolecular Hbond substituents is 1. The number of aliphatic hydroxyl groups is 2. The van der Waals surface area contributed by atoms with Gasteiger partial charge in [0.25, 0.3) is 0 Å². The fraction of sp³-hybridized carbons (Fsp3) is 0.300. The molecule has 0 aromatic heterocycles. The van der Waals surface area contributed by atoms with Gasteiger partial charge in [-0.25, -0.2) is 0 Å². The molecule has 7 nitrogen and oxygen atoms in total. The number of phenols is 1. The number of nitro groups is 1. The molecule has 3 N–H and O–H groups in total. The fourth-order valence-electron chi connectivity index (χ4n) is 1.37. The van der Waals surface area contributed by atoms with Crippen LogP contribution in [0, 0.1) is 10.1 Å². The Morgan fingerprint density at radius 1 is 1.44 bits per heavy atom. The number of hydrogen-bond donors (Lipinski definition) is 3. The molecule has 1 rings (SSSR count). The van der Waals surface area contributed by atoms with Crippen molar-refractivity contribution in [3.63, 3.8) is 0 Å². The molecule has 18 heavy (non-hydrogen) atoms. The van der Waals surface area contributed by atoms with E-state index in [2.05, 4.69) is 0 Å². The second-order valence-electron chi connectivity index (χ2n) is 3.52. The Balaban J connectivity index is 3.34. The lowest BCUT2D eigenvalue weighted by molar-refractivity contribution is -0.386. The van der Waals surface area contributed by atoms with Crippen LogP contribution in [0.1, 0.15) is 22.0 Å². The van der Waals surface area contributed by atoms with Crippen LogP contribution in [0.4, 0.5) is 5.69 Å². The van der Waals surface area contributed by atoms with E-state index in [4.69, 9.17) is 11.6 Å². The summed E-state index contributed by atoms with van der Waals surface area (Å²) in [7, 11) is 0. The Morgan fingerprint density at radius 3 is 2.50 bits per heavy atom. The van der Waals surface area contributed by atoms with Crippen LogP contribution in [0.2, 0.25) is 0 Å². The van der Waals surface area contributed by atoms with Crippen LogP contribution in [-0.2, 0) is 0 Å². The number of carbonyl (C=O) groups is 1. The second kappa shape index (κ2) is 5.76. The number of aldehydes is 1. The summed E-state index contributed by atoms with van der Waals surface area (Å²) in [5, 5.41) is 39.1. The maximum Gasteiger partial charge on any atom is 0.311 e. The molecule has 2 unspecified atom stereocenters. The molecule has 0 aliphatic rings. The number of rotatable bonds is 5. The van der Waals surface area contributed by atoms with E-state index in [1.807, 2.05) is 0 Å². The molecule has 0 amide bonds. The van der Waals surface area contributed by atoms with E-state index >= 15 is 0 Å². The molecule has 2 atom stereocenters.